The minimum absolute atomic E-state index is 0.0331. The summed E-state index contributed by atoms with van der Waals surface area (Å²) in [7, 11) is -3.86. The van der Waals surface area contributed by atoms with E-state index in [1.807, 2.05) is 0 Å². The van der Waals surface area contributed by atoms with E-state index in [9.17, 15) is 17.6 Å². The van der Waals surface area contributed by atoms with Crippen molar-refractivity contribution in [2.45, 2.75) is 30.6 Å². The third-order valence-corrected chi connectivity index (χ3v) is 8.86. The molecule has 5 rings (SSSR count). The minimum Gasteiger partial charge on any atom is -0.454 e. The molecule has 0 spiro atoms. The Bertz CT molecular complexity index is 1360. The number of halogens is 1. The van der Waals surface area contributed by atoms with Gasteiger partial charge < -0.3 is 14.8 Å². The number of rotatable bonds is 5. The first-order valence-electron chi connectivity index (χ1n) is 10.6. The molecule has 9 nitrogen and oxygen atoms in total. The fourth-order valence-corrected chi connectivity index (χ4v) is 6.63. The Balaban J connectivity index is 1.30. The zero-order valence-corrected chi connectivity index (χ0v) is 19.8. The van der Waals surface area contributed by atoms with Crippen LogP contribution in [0.15, 0.2) is 41.3 Å². The van der Waals surface area contributed by atoms with Gasteiger partial charge in [-0.1, -0.05) is 17.4 Å². The predicted molar refractivity (Wildman–Crippen MR) is 122 cm³/mol. The van der Waals surface area contributed by atoms with Gasteiger partial charge in [0.15, 0.2) is 11.5 Å². The summed E-state index contributed by atoms with van der Waals surface area (Å²) in [5.41, 5.74) is 1.02. The average Bonchev–Trinajstić information content (AvgIpc) is 3.50. The number of hydrogen-bond acceptors (Lipinski definition) is 8. The van der Waals surface area contributed by atoms with E-state index in [1.165, 1.54) is 16.4 Å². The van der Waals surface area contributed by atoms with Gasteiger partial charge in [0.25, 0.3) is 5.91 Å². The van der Waals surface area contributed by atoms with Crippen LogP contribution in [0.3, 0.4) is 0 Å². The van der Waals surface area contributed by atoms with Crippen molar-refractivity contribution in [3.63, 3.8) is 0 Å². The molecule has 1 saturated heterocycles. The summed E-state index contributed by atoms with van der Waals surface area (Å²) in [6.07, 6.45) is 1.34. The second kappa shape index (κ2) is 8.93. The number of aromatic nitrogens is 2. The molecule has 2 aliphatic heterocycles. The van der Waals surface area contributed by atoms with Crippen molar-refractivity contribution >= 4 is 33.0 Å². The van der Waals surface area contributed by atoms with E-state index in [0.717, 1.165) is 17.4 Å². The molecule has 1 unspecified atom stereocenters. The molecule has 3 heterocycles. The molecule has 1 aromatic heterocycles. The van der Waals surface area contributed by atoms with Gasteiger partial charge in [-0.2, -0.15) is 4.31 Å². The summed E-state index contributed by atoms with van der Waals surface area (Å²) in [5, 5.41) is 11.7. The normalized spacial score (nSPS) is 18.1. The standard InChI is InChI=1S/C22H21FN4O5S2/c1-13-4-5-15(23)9-19(13)34(29,30)27-8-2-3-14(11-27)21-25-26-22(33-21)20(28)24-16-6-7-17-18(10-16)32-12-31-17/h4-7,9-10,14H,2-3,8,11-12H2,1H3,(H,24,28). The van der Waals surface area contributed by atoms with Crippen LogP contribution < -0.4 is 14.8 Å². The predicted octanol–water partition coefficient (Wildman–Crippen LogP) is 3.53. The molecule has 0 saturated carbocycles. The van der Waals surface area contributed by atoms with E-state index in [4.69, 9.17) is 9.47 Å². The molecule has 12 heteroatoms. The van der Waals surface area contributed by atoms with Crippen LogP contribution in [-0.2, 0) is 10.0 Å². The van der Waals surface area contributed by atoms with Crippen LogP contribution in [0.2, 0.25) is 0 Å². The molecule has 0 bridgehead atoms. The van der Waals surface area contributed by atoms with E-state index in [-0.39, 0.29) is 29.2 Å². The number of sulfonamides is 1. The van der Waals surface area contributed by atoms with Crippen LogP contribution in [0.4, 0.5) is 10.1 Å². The topological polar surface area (TPSA) is 111 Å². The summed E-state index contributed by atoms with van der Waals surface area (Å²) in [5.74, 6) is -0.0607. The van der Waals surface area contributed by atoms with Gasteiger partial charge >= 0.3 is 0 Å². The van der Waals surface area contributed by atoms with Crippen molar-refractivity contribution in [2.24, 2.45) is 0 Å². The maximum absolute atomic E-state index is 13.7. The van der Waals surface area contributed by atoms with Crippen molar-refractivity contribution in [3.05, 3.63) is 57.8 Å². The summed E-state index contributed by atoms with van der Waals surface area (Å²) >= 11 is 1.13. The summed E-state index contributed by atoms with van der Waals surface area (Å²) in [6, 6.07) is 8.83. The van der Waals surface area contributed by atoms with Crippen LogP contribution in [0.5, 0.6) is 11.5 Å². The van der Waals surface area contributed by atoms with Crippen molar-refractivity contribution in [1.82, 2.24) is 14.5 Å². The second-order valence-corrected chi connectivity index (χ2v) is 11.0. The average molecular weight is 505 g/mol. The number of fused-ring (bicyclic) bond motifs is 1. The monoisotopic (exact) mass is 504 g/mol. The molecule has 3 aromatic rings. The summed E-state index contributed by atoms with van der Waals surface area (Å²) < 4.78 is 52.0. The van der Waals surface area contributed by atoms with Gasteiger partial charge in [-0.25, -0.2) is 12.8 Å². The van der Waals surface area contributed by atoms with E-state index in [1.54, 1.807) is 25.1 Å². The molecule has 1 amide bonds. The number of nitrogens with zero attached hydrogens (tertiary/aromatic N) is 3. The highest BCUT2D eigenvalue weighted by Crippen LogP contribution is 2.35. The minimum atomic E-state index is -3.86. The number of anilines is 1. The van der Waals surface area contributed by atoms with Gasteiger partial charge in [0.1, 0.15) is 10.8 Å². The Morgan fingerprint density at radius 1 is 1.18 bits per heavy atom. The van der Waals surface area contributed by atoms with Gasteiger partial charge in [-0.3, -0.25) is 4.79 Å². The SMILES string of the molecule is Cc1ccc(F)cc1S(=O)(=O)N1CCCC(c2nnc(C(=O)Nc3ccc4c(c3)OCO4)s2)C1. The fourth-order valence-electron chi connectivity index (χ4n) is 4.00. The summed E-state index contributed by atoms with van der Waals surface area (Å²) in [6.45, 7) is 2.31. The third-order valence-electron chi connectivity index (χ3n) is 5.77. The zero-order valence-electron chi connectivity index (χ0n) is 18.2. The summed E-state index contributed by atoms with van der Waals surface area (Å²) in [4.78, 5) is 12.6. The van der Waals surface area contributed by atoms with Crippen LogP contribution in [0.1, 0.15) is 39.1 Å². The third kappa shape index (κ3) is 4.36. The number of aryl methyl sites for hydroxylation is 1. The quantitative estimate of drug-likeness (QED) is 0.566. The van der Waals surface area contributed by atoms with Crippen molar-refractivity contribution < 1.29 is 27.1 Å². The van der Waals surface area contributed by atoms with Crippen LogP contribution in [0, 0.1) is 12.7 Å². The highest BCUT2D eigenvalue weighted by atomic mass is 32.2. The van der Waals surface area contributed by atoms with E-state index in [0.29, 0.717) is 47.1 Å². The van der Waals surface area contributed by atoms with Gasteiger partial charge in [-0.15, -0.1) is 10.2 Å². The first kappa shape index (κ1) is 22.7. The molecule has 1 N–H and O–H groups in total. The molecule has 1 fully saturated rings. The first-order chi connectivity index (χ1) is 16.3. The van der Waals surface area contributed by atoms with Crippen LogP contribution in [-0.4, -0.2) is 48.7 Å². The van der Waals surface area contributed by atoms with Crippen LogP contribution >= 0.6 is 11.3 Å². The second-order valence-electron chi connectivity index (χ2n) is 8.08. The Morgan fingerprint density at radius 3 is 2.85 bits per heavy atom. The van der Waals surface area contributed by atoms with Gasteiger partial charge in [-0.05, 0) is 49.6 Å². The Morgan fingerprint density at radius 2 is 2.00 bits per heavy atom. The molecule has 2 aromatic carbocycles. The molecule has 34 heavy (non-hydrogen) atoms. The van der Waals surface area contributed by atoms with Crippen molar-refractivity contribution in [1.29, 1.82) is 0 Å². The number of ether oxygens (including phenoxy) is 2. The number of carbonyl (C=O) groups is 1. The number of carbonyl (C=O) groups excluding carboxylic acids is 1. The van der Waals surface area contributed by atoms with Gasteiger partial charge in [0.2, 0.25) is 21.8 Å². The lowest BCUT2D eigenvalue weighted by Crippen LogP contribution is -2.39. The number of amides is 1. The maximum Gasteiger partial charge on any atom is 0.286 e. The Kier molecular flexibility index (Phi) is 5.96. The maximum atomic E-state index is 13.7. The van der Waals surface area contributed by atoms with Crippen molar-refractivity contribution in [3.8, 4) is 11.5 Å². The molecular formula is C22H21FN4O5S2. The van der Waals surface area contributed by atoms with Gasteiger partial charge in [0.05, 0.1) is 4.90 Å². The lowest BCUT2D eigenvalue weighted by atomic mass is 10.0. The fraction of sp³-hybridized carbons (Fsp3) is 0.318. The zero-order chi connectivity index (χ0) is 23.9. The van der Waals surface area contributed by atoms with Crippen molar-refractivity contribution in [2.75, 3.05) is 25.2 Å². The number of benzene rings is 2. The van der Waals surface area contributed by atoms with E-state index in [2.05, 4.69) is 15.5 Å². The smallest absolute Gasteiger partial charge is 0.286 e. The molecule has 0 aliphatic carbocycles. The first-order valence-corrected chi connectivity index (χ1v) is 12.9. The highest BCUT2D eigenvalue weighted by molar-refractivity contribution is 7.89. The molecular weight excluding hydrogens is 483 g/mol. The lowest BCUT2D eigenvalue weighted by Gasteiger charge is -2.31. The van der Waals surface area contributed by atoms with E-state index < -0.39 is 21.7 Å². The Hall–Kier alpha value is -3.09. The molecule has 2 aliphatic rings. The van der Waals surface area contributed by atoms with Crippen LogP contribution in [0.25, 0.3) is 0 Å². The molecule has 1 atom stereocenters. The number of piperidine rings is 1. The molecule has 178 valence electrons. The largest absolute Gasteiger partial charge is 0.454 e. The Labute approximate surface area is 199 Å². The van der Waals surface area contributed by atoms with Gasteiger partial charge in [0, 0.05) is 30.8 Å². The number of hydrogen-bond donors (Lipinski definition) is 1. The molecule has 0 radical (unpaired) electrons. The lowest BCUT2D eigenvalue weighted by molar-refractivity contribution is 0.102. The number of nitrogens with one attached hydrogen (secondary N) is 1. The highest BCUT2D eigenvalue weighted by Gasteiger charge is 2.34. The van der Waals surface area contributed by atoms with E-state index >= 15 is 0 Å².